The number of carbonyl (C=O) groups is 1. The van der Waals surface area contributed by atoms with E-state index >= 15 is 0 Å². The van der Waals surface area contributed by atoms with E-state index in [4.69, 9.17) is 12.8 Å². The van der Waals surface area contributed by atoms with Crippen LogP contribution in [0.4, 0.5) is 0 Å². The number of allylic oxidation sites excluding steroid dienone is 8. The zero-order chi connectivity index (χ0) is 22.2. The van der Waals surface area contributed by atoms with Crippen molar-refractivity contribution in [3.05, 3.63) is 47.1 Å². The third-order valence-corrected chi connectivity index (χ3v) is 4.20. The SMILES string of the molecule is C#C.C#CCC(C)(C)CC(=O)C(C)CC1=C/C(=C/C(C#C)=C\C)CC=C1.CC. The molecule has 0 saturated heterocycles. The first-order valence-electron chi connectivity index (χ1n) is 9.81. The molecule has 1 rings (SSSR count). The van der Waals surface area contributed by atoms with Crippen molar-refractivity contribution in [2.75, 3.05) is 0 Å². The van der Waals surface area contributed by atoms with Crippen LogP contribution in [0.5, 0.6) is 0 Å². The lowest BCUT2D eigenvalue weighted by Crippen LogP contribution is -2.21. The predicted octanol–water partition coefficient (Wildman–Crippen LogP) is 6.69. The molecule has 1 aliphatic rings. The van der Waals surface area contributed by atoms with Crippen LogP contribution >= 0.6 is 0 Å². The quantitative estimate of drug-likeness (QED) is 0.452. The van der Waals surface area contributed by atoms with Crippen molar-refractivity contribution in [3.63, 3.8) is 0 Å². The van der Waals surface area contributed by atoms with Gasteiger partial charge < -0.3 is 0 Å². The Bertz CT molecular complexity index is 706. The van der Waals surface area contributed by atoms with E-state index in [-0.39, 0.29) is 17.1 Å². The van der Waals surface area contributed by atoms with Crippen molar-refractivity contribution in [1.29, 1.82) is 0 Å². The highest BCUT2D eigenvalue weighted by atomic mass is 16.1. The van der Waals surface area contributed by atoms with Gasteiger partial charge in [-0.15, -0.1) is 31.6 Å². The zero-order valence-corrected chi connectivity index (χ0v) is 18.5. The van der Waals surface area contributed by atoms with Gasteiger partial charge in [0.25, 0.3) is 0 Å². The fraction of sp³-hybridized carbons (Fsp3) is 0.444. The normalized spacial score (nSPS) is 15.6. The molecule has 0 saturated carbocycles. The molecule has 0 amide bonds. The second-order valence-electron chi connectivity index (χ2n) is 7.23. The van der Waals surface area contributed by atoms with Crippen LogP contribution in [0, 0.1) is 48.9 Å². The number of terminal acetylenes is 3. The largest absolute Gasteiger partial charge is 0.299 e. The summed E-state index contributed by atoms with van der Waals surface area (Å²) in [6, 6.07) is 0. The molecule has 0 aromatic carbocycles. The first kappa shape index (κ1) is 27.5. The Morgan fingerprint density at radius 3 is 2.39 bits per heavy atom. The van der Waals surface area contributed by atoms with Gasteiger partial charge >= 0.3 is 0 Å². The maximum absolute atomic E-state index is 12.5. The van der Waals surface area contributed by atoms with Gasteiger partial charge in [0, 0.05) is 24.3 Å². The van der Waals surface area contributed by atoms with E-state index in [0.29, 0.717) is 12.8 Å². The van der Waals surface area contributed by atoms with Crippen LogP contribution in [0.15, 0.2) is 47.1 Å². The van der Waals surface area contributed by atoms with Gasteiger partial charge in [0.2, 0.25) is 0 Å². The summed E-state index contributed by atoms with van der Waals surface area (Å²) in [5, 5.41) is 0. The molecule has 0 heterocycles. The second kappa shape index (κ2) is 15.4. The molecular weight excluding hydrogens is 340 g/mol. The van der Waals surface area contributed by atoms with Gasteiger partial charge in [-0.1, -0.05) is 64.8 Å². The third kappa shape index (κ3) is 11.1. The van der Waals surface area contributed by atoms with Crippen LogP contribution < -0.4 is 0 Å². The number of rotatable bonds is 7. The van der Waals surface area contributed by atoms with Gasteiger partial charge in [-0.3, -0.25) is 4.79 Å². The lowest BCUT2D eigenvalue weighted by molar-refractivity contribution is -0.124. The minimum Gasteiger partial charge on any atom is -0.299 e. The maximum Gasteiger partial charge on any atom is 0.136 e. The van der Waals surface area contributed by atoms with Crippen molar-refractivity contribution in [1.82, 2.24) is 0 Å². The van der Waals surface area contributed by atoms with Crippen molar-refractivity contribution >= 4 is 5.78 Å². The Morgan fingerprint density at radius 1 is 1.29 bits per heavy atom. The lowest BCUT2D eigenvalue weighted by Gasteiger charge is -2.23. The fourth-order valence-electron chi connectivity index (χ4n) is 2.78. The highest BCUT2D eigenvalue weighted by Crippen LogP contribution is 2.29. The standard InChI is InChI=1S/C23H28O.C2H6.C2H2/c1-7-13-23(5,6)17-22(24)18(4)14-20-11-10-12-21(16-20)15-19(8-2)9-3;2*1-2/h1-2,9-11,15-16,18H,12-14,17H2,3-6H3;1-2H3;1-2H/b19-9-,21-15+;;. The van der Waals surface area contributed by atoms with E-state index in [0.717, 1.165) is 18.4 Å². The molecule has 0 N–H and O–H groups in total. The van der Waals surface area contributed by atoms with E-state index in [1.807, 2.05) is 39.8 Å². The molecule has 1 nitrogen and oxygen atoms in total. The summed E-state index contributed by atoms with van der Waals surface area (Å²) >= 11 is 0. The molecule has 0 aliphatic heterocycles. The topological polar surface area (TPSA) is 17.1 Å². The summed E-state index contributed by atoms with van der Waals surface area (Å²) < 4.78 is 0. The molecule has 0 bridgehead atoms. The van der Waals surface area contributed by atoms with Gasteiger partial charge in [-0.05, 0) is 42.4 Å². The summed E-state index contributed by atoms with van der Waals surface area (Å²) in [5.74, 6) is 5.60. The predicted molar refractivity (Wildman–Crippen MR) is 124 cm³/mol. The molecule has 1 unspecified atom stereocenters. The highest BCUT2D eigenvalue weighted by Gasteiger charge is 2.24. The summed E-state index contributed by atoms with van der Waals surface area (Å²) in [7, 11) is 0. The lowest BCUT2D eigenvalue weighted by atomic mass is 9.80. The average molecular weight is 377 g/mol. The van der Waals surface area contributed by atoms with Crippen molar-refractivity contribution in [3.8, 4) is 37.5 Å². The fourth-order valence-corrected chi connectivity index (χ4v) is 2.78. The molecule has 1 atom stereocenters. The number of Topliss-reactive ketones (excluding diaryl/α,β-unsaturated/α-hetero) is 1. The zero-order valence-electron chi connectivity index (χ0n) is 18.5. The van der Waals surface area contributed by atoms with Crippen LogP contribution in [0.1, 0.15) is 67.2 Å². The molecule has 0 fully saturated rings. The monoisotopic (exact) mass is 376 g/mol. The molecule has 0 aromatic heterocycles. The van der Waals surface area contributed by atoms with Crippen molar-refractivity contribution in [2.24, 2.45) is 11.3 Å². The molecule has 150 valence electrons. The van der Waals surface area contributed by atoms with Gasteiger partial charge in [-0.2, -0.15) is 0 Å². The van der Waals surface area contributed by atoms with Gasteiger partial charge in [0.05, 0.1) is 0 Å². The van der Waals surface area contributed by atoms with Crippen molar-refractivity contribution in [2.45, 2.75) is 67.2 Å². The van der Waals surface area contributed by atoms with Crippen LogP contribution in [0.2, 0.25) is 0 Å². The highest BCUT2D eigenvalue weighted by molar-refractivity contribution is 5.81. The molecule has 0 spiro atoms. The number of ketones is 1. The van der Waals surface area contributed by atoms with Crippen LogP contribution in [-0.2, 0) is 4.79 Å². The Hall–Kier alpha value is -2.69. The molecule has 1 aliphatic carbocycles. The first-order valence-corrected chi connectivity index (χ1v) is 9.81. The molecule has 0 radical (unpaired) electrons. The minimum atomic E-state index is -0.129. The van der Waals surface area contributed by atoms with E-state index in [2.05, 4.69) is 56.8 Å². The summed E-state index contributed by atoms with van der Waals surface area (Å²) in [5.41, 5.74) is 3.12. The second-order valence-corrected chi connectivity index (χ2v) is 7.23. The average Bonchev–Trinajstić information content (AvgIpc) is 2.69. The van der Waals surface area contributed by atoms with Crippen LogP contribution in [0.3, 0.4) is 0 Å². The van der Waals surface area contributed by atoms with E-state index < -0.39 is 0 Å². The third-order valence-electron chi connectivity index (χ3n) is 4.20. The van der Waals surface area contributed by atoms with Gasteiger partial charge in [-0.25, -0.2) is 0 Å². The summed E-state index contributed by atoms with van der Waals surface area (Å²) in [6.45, 7) is 12.0. The Balaban J connectivity index is 0. The summed E-state index contributed by atoms with van der Waals surface area (Å²) in [4.78, 5) is 12.5. The number of hydrogen-bond donors (Lipinski definition) is 0. The summed E-state index contributed by atoms with van der Waals surface area (Å²) in [6.07, 6.45) is 32.0. The molecule has 28 heavy (non-hydrogen) atoms. The molecular formula is C27H36O. The Labute approximate surface area is 174 Å². The maximum atomic E-state index is 12.5. The molecule has 0 aromatic rings. The van der Waals surface area contributed by atoms with E-state index in [1.165, 1.54) is 11.1 Å². The smallest absolute Gasteiger partial charge is 0.136 e. The Morgan fingerprint density at radius 2 is 1.89 bits per heavy atom. The Kier molecular flexibility index (Phi) is 15.1. The van der Waals surface area contributed by atoms with Gasteiger partial charge in [0.15, 0.2) is 0 Å². The number of carbonyl (C=O) groups excluding carboxylic acids is 1. The van der Waals surface area contributed by atoms with Gasteiger partial charge in [0.1, 0.15) is 5.78 Å². The molecule has 1 heteroatoms. The first-order chi connectivity index (χ1) is 13.3. The minimum absolute atomic E-state index is 0.00822. The van der Waals surface area contributed by atoms with E-state index in [9.17, 15) is 4.79 Å². The van der Waals surface area contributed by atoms with Crippen molar-refractivity contribution < 1.29 is 4.79 Å². The number of hydrogen-bond acceptors (Lipinski definition) is 1. The van der Waals surface area contributed by atoms with Crippen LogP contribution in [0.25, 0.3) is 0 Å². The van der Waals surface area contributed by atoms with E-state index in [1.54, 1.807) is 0 Å². The van der Waals surface area contributed by atoms with Crippen LogP contribution in [-0.4, -0.2) is 5.78 Å².